The molecule has 8 heteroatoms. The van der Waals surface area contributed by atoms with Gasteiger partial charge in [0.1, 0.15) is 18.9 Å². The SMILES string of the molecule is CCCCn1cc[n+](CCN)c1.COS(=O)(=O)[O-]. The van der Waals surface area contributed by atoms with Crippen molar-refractivity contribution >= 4 is 10.4 Å². The molecule has 7 nitrogen and oxygen atoms in total. The Morgan fingerprint density at radius 3 is 2.56 bits per heavy atom. The Kier molecular flexibility index (Phi) is 8.55. The van der Waals surface area contributed by atoms with Crippen LogP contribution in [0.2, 0.25) is 0 Å². The summed E-state index contributed by atoms with van der Waals surface area (Å²) in [6.45, 7) is 4.95. The molecule has 0 amide bonds. The number of nitrogens with two attached hydrogens (primary N) is 1. The Balaban J connectivity index is 0.000000411. The predicted octanol–water partition coefficient (Wildman–Crippen LogP) is -0.373. The van der Waals surface area contributed by atoms with Crippen molar-refractivity contribution < 1.29 is 21.7 Å². The van der Waals surface area contributed by atoms with E-state index in [0.29, 0.717) is 6.54 Å². The van der Waals surface area contributed by atoms with E-state index >= 15 is 0 Å². The van der Waals surface area contributed by atoms with Gasteiger partial charge in [-0.3, -0.25) is 4.18 Å². The maximum absolute atomic E-state index is 9.22. The summed E-state index contributed by atoms with van der Waals surface area (Å²) < 4.78 is 35.3. The van der Waals surface area contributed by atoms with E-state index in [2.05, 4.69) is 39.0 Å². The first-order valence-electron chi connectivity index (χ1n) is 5.69. The zero-order valence-corrected chi connectivity index (χ0v) is 11.6. The van der Waals surface area contributed by atoms with Gasteiger partial charge in [0.2, 0.25) is 16.7 Å². The molecular formula is C10H21N3O4S. The summed E-state index contributed by atoms with van der Waals surface area (Å²) in [5, 5.41) is 0. The molecule has 0 spiro atoms. The second-order valence-electron chi connectivity index (χ2n) is 3.61. The topological polar surface area (TPSA) is 101 Å². The smallest absolute Gasteiger partial charge is 0.243 e. The quantitative estimate of drug-likeness (QED) is 0.435. The van der Waals surface area contributed by atoms with E-state index < -0.39 is 10.4 Å². The van der Waals surface area contributed by atoms with Crippen LogP contribution in [-0.4, -0.2) is 31.2 Å². The minimum atomic E-state index is -4.41. The average Bonchev–Trinajstić information content (AvgIpc) is 2.75. The number of imidazole rings is 1. The molecule has 1 aromatic heterocycles. The highest BCUT2D eigenvalue weighted by Crippen LogP contribution is 1.92. The third-order valence-electron chi connectivity index (χ3n) is 2.11. The van der Waals surface area contributed by atoms with Crippen molar-refractivity contribution in [2.45, 2.75) is 32.9 Å². The van der Waals surface area contributed by atoms with E-state index in [9.17, 15) is 13.0 Å². The van der Waals surface area contributed by atoms with Gasteiger partial charge in [0, 0.05) is 6.54 Å². The van der Waals surface area contributed by atoms with Crippen LogP contribution in [0.1, 0.15) is 19.8 Å². The first kappa shape index (κ1) is 17.0. The highest BCUT2D eigenvalue weighted by molar-refractivity contribution is 7.80. The molecular weight excluding hydrogens is 258 g/mol. The van der Waals surface area contributed by atoms with Crippen LogP contribution in [0.5, 0.6) is 0 Å². The summed E-state index contributed by atoms with van der Waals surface area (Å²) in [5.74, 6) is 0. The van der Waals surface area contributed by atoms with Gasteiger partial charge in [0.25, 0.3) is 0 Å². The summed E-state index contributed by atoms with van der Waals surface area (Å²) >= 11 is 0. The Morgan fingerprint density at radius 2 is 2.11 bits per heavy atom. The number of unbranched alkanes of at least 4 members (excludes halogenated alkanes) is 1. The maximum atomic E-state index is 9.22. The van der Waals surface area contributed by atoms with Gasteiger partial charge < -0.3 is 10.3 Å². The molecule has 0 unspecified atom stereocenters. The van der Waals surface area contributed by atoms with Crippen molar-refractivity contribution in [3.8, 4) is 0 Å². The molecule has 18 heavy (non-hydrogen) atoms. The lowest BCUT2D eigenvalue weighted by atomic mass is 10.3. The highest BCUT2D eigenvalue weighted by Gasteiger charge is 2.00. The van der Waals surface area contributed by atoms with E-state index in [1.807, 2.05) is 0 Å². The molecule has 0 radical (unpaired) electrons. The van der Waals surface area contributed by atoms with Gasteiger partial charge in [-0.2, -0.15) is 0 Å². The van der Waals surface area contributed by atoms with Gasteiger partial charge in [-0.15, -0.1) is 0 Å². The summed E-state index contributed by atoms with van der Waals surface area (Å²) in [5.41, 5.74) is 5.44. The summed E-state index contributed by atoms with van der Waals surface area (Å²) in [4.78, 5) is 0. The second-order valence-corrected chi connectivity index (χ2v) is 4.76. The van der Waals surface area contributed by atoms with Gasteiger partial charge in [0.15, 0.2) is 0 Å². The Morgan fingerprint density at radius 1 is 1.50 bits per heavy atom. The minimum absolute atomic E-state index is 0.711. The highest BCUT2D eigenvalue weighted by atomic mass is 32.3. The van der Waals surface area contributed by atoms with Crippen LogP contribution in [0.4, 0.5) is 0 Å². The lowest BCUT2D eigenvalue weighted by Gasteiger charge is -1.98. The molecule has 1 aromatic rings. The molecule has 1 rings (SSSR count). The number of aryl methyl sites for hydroxylation is 1. The molecule has 0 saturated carbocycles. The van der Waals surface area contributed by atoms with Crippen LogP contribution >= 0.6 is 0 Å². The van der Waals surface area contributed by atoms with E-state index in [-0.39, 0.29) is 0 Å². The molecule has 2 N–H and O–H groups in total. The number of nitrogens with zero attached hydrogens (tertiary/aromatic N) is 2. The van der Waals surface area contributed by atoms with Crippen LogP contribution in [-0.2, 0) is 27.7 Å². The Hall–Kier alpha value is -0.960. The van der Waals surface area contributed by atoms with E-state index in [1.54, 1.807) is 0 Å². The van der Waals surface area contributed by atoms with Crippen LogP contribution < -0.4 is 10.3 Å². The summed E-state index contributed by atoms with van der Waals surface area (Å²) in [6, 6.07) is 0. The average molecular weight is 279 g/mol. The molecule has 0 fully saturated rings. The summed E-state index contributed by atoms with van der Waals surface area (Å²) in [6.07, 6.45) is 8.78. The standard InChI is InChI=1S/C9H18N3.CH4O4S/c1-2-3-5-11-7-8-12(9-11)6-4-10;1-5-6(2,3)4/h7-9H,2-6,10H2,1H3;1H3,(H,2,3,4)/q+1;/p-1. The van der Waals surface area contributed by atoms with Crippen molar-refractivity contribution in [2.24, 2.45) is 5.73 Å². The third-order valence-corrected chi connectivity index (χ3v) is 2.52. The van der Waals surface area contributed by atoms with Crippen molar-refractivity contribution in [1.29, 1.82) is 0 Å². The van der Waals surface area contributed by atoms with Crippen molar-refractivity contribution in [3.63, 3.8) is 0 Å². The number of hydrogen-bond acceptors (Lipinski definition) is 5. The van der Waals surface area contributed by atoms with Crippen LogP contribution in [0, 0.1) is 0 Å². The fraction of sp³-hybridized carbons (Fsp3) is 0.700. The number of hydrogen-bond donors (Lipinski definition) is 1. The van der Waals surface area contributed by atoms with Gasteiger partial charge in [-0.25, -0.2) is 17.6 Å². The van der Waals surface area contributed by atoms with Crippen molar-refractivity contribution in [2.75, 3.05) is 13.7 Å². The van der Waals surface area contributed by atoms with Gasteiger partial charge in [-0.05, 0) is 6.42 Å². The van der Waals surface area contributed by atoms with Crippen molar-refractivity contribution in [1.82, 2.24) is 4.57 Å². The van der Waals surface area contributed by atoms with E-state index in [4.69, 9.17) is 5.73 Å². The van der Waals surface area contributed by atoms with Gasteiger partial charge in [0.05, 0.1) is 13.7 Å². The molecule has 0 aliphatic heterocycles. The monoisotopic (exact) mass is 279 g/mol. The Labute approximate surface area is 108 Å². The zero-order chi connectivity index (χ0) is 14.0. The van der Waals surface area contributed by atoms with E-state index in [0.717, 1.165) is 20.2 Å². The normalized spacial score (nSPS) is 10.9. The predicted molar refractivity (Wildman–Crippen MR) is 65.3 cm³/mol. The molecule has 0 saturated heterocycles. The second kappa shape index (κ2) is 9.03. The molecule has 106 valence electrons. The lowest BCUT2D eigenvalue weighted by Crippen LogP contribution is -2.35. The van der Waals surface area contributed by atoms with E-state index in [1.165, 1.54) is 12.8 Å². The zero-order valence-electron chi connectivity index (χ0n) is 10.8. The lowest BCUT2D eigenvalue weighted by molar-refractivity contribution is -0.694. The van der Waals surface area contributed by atoms with Crippen LogP contribution in [0.3, 0.4) is 0 Å². The number of aromatic nitrogens is 2. The van der Waals surface area contributed by atoms with Crippen molar-refractivity contribution in [3.05, 3.63) is 18.7 Å². The molecule has 0 aliphatic rings. The summed E-state index contributed by atoms with van der Waals surface area (Å²) in [7, 11) is -3.60. The fourth-order valence-corrected chi connectivity index (χ4v) is 1.19. The molecule has 1 heterocycles. The molecule has 0 bridgehead atoms. The largest absolute Gasteiger partial charge is 0.726 e. The fourth-order valence-electron chi connectivity index (χ4n) is 1.19. The van der Waals surface area contributed by atoms with Gasteiger partial charge in [-0.1, -0.05) is 13.3 Å². The van der Waals surface area contributed by atoms with Gasteiger partial charge >= 0.3 is 0 Å². The third kappa shape index (κ3) is 9.11. The molecule has 0 aliphatic carbocycles. The minimum Gasteiger partial charge on any atom is -0.726 e. The number of rotatable bonds is 6. The maximum Gasteiger partial charge on any atom is 0.243 e. The Bertz CT molecular complexity index is 417. The molecule has 0 atom stereocenters. The van der Waals surface area contributed by atoms with Crippen LogP contribution in [0.25, 0.3) is 0 Å². The molecule has 0 aromatic carbocycles. The van der Waals surface area contributed by atoms with Crippen LogP contribution in [0.15, 0.2) is 18.7 Å². The first-order chi connectivity index (χ1) is 8.42. The first-order valence-corrected chi connectivity index (χ1v) is 7.02.